The zero-order valence-electron chi connectivity index (χ0n) is 17.5. The van der Waals surface area contributed by atoms with E-state index >= 15 is 0 Å². The maximum absolute atomic E-state index is 13.2. The lowest BCUT2D eigenvalue weighted by Crippen LogP contribution is -2.11. The lowest BCUT2D eigenvalue weighted by Gasteiger charge is -2.15. The fourth-order valence-corrected chi connectivity index (χ4v) is 3.72. The molecule has 1 aliphatic rings. The minimum absolute atomic E-state index is 0.386. The molecule has 1 aromatic carbocycles. The standard InChI is InChI=1S/C23H23N5O3/c1-3-4-19-21-18(11-20(16-5-6-16)26-22(21)31-27-19)23(29)30-14(2)15-7-9-17(10-8-15)28-13-24-12-25-28/h7-14,16H,3-6H2,1-2H3/t14-/m0/s1. The molecular formula is C23H23N5O3. The van der Waals surface area contributed by atoms with E-state index in [2.05, 4.69) is 27.1 Å². The van der Waals surface area contributed by atoms with Gasteiger partial charge >= 0.3 is 5.97 Å². The fraction of sp³-hybridized carbons (Fsp3) is 0.348. The van der Waals surface area contributed by atoms with Crippen molar-refractivity contribution in [3.63, 3.8) is 0 Å². The van der Waals surface area contributed by atoms with Crippen molar-refractivity contribution in [1.82, 2.24) is 24.9 Å². The maximum Gasteiger partial charge on any atom is 0.339 e. The lowest BCUT2D eigenvalue weighted by atomic mass is 10.1. The Morgan fingerprint density at radius 2 is 2.10 bits per heavy atom. The van der Waals surface area contributed by atoms with Crippen LogP contribution in [0.15, 0.2) is 47.5 Å². The molecule has 8 heteroatoms. The van der Waals surface area contributed by atoms with Gasteiger partial charge in [0, 0.05) is 11.6 Å². The molecule has 0 amide bonds. The van der Waals surface area contributed by atoms with E-state index in [4.69, 9.17) is 9.26 Å². The van der Waals surface area contributed by atoms with Crippen LogP contribution in [0.4, 0.5) is 0 Å². The monoisotopic (exact) mass is 417 g/mol. The molecule has 1 saturated carbocycles. The summed E-state index contributed by atoms with van der Waals surface area (Å²) in [6.45, 7) is 3.93. The summed E-state index contributed by atoms with van der Waals surface area (Å²) in [5.41, 5.74) is 4.32. The molecule has 0 N–H and O–H groups in total. The van der Waals surface area contributed by atoms with Gasteiger partial charge in [-0.15, -0.1) is 0 Å². The van der Waals surface area contributed by atoms with E-state index in [-0.39, 0.29) is 5.97 Å². The number of aryl methyl sites for hydroxylation is 1. The molecule has 0 radical (unpaired) electrons. The van der Waals surface area contributed by atoms with Crippen LogP contribution in [0.2, 0.25) is 0 Å². The third-order valence-corrected chi connectivity index (χ3v) is 5.57. The Bertz CT molecular complexity index is 1210. The Kier molecular flexibility index (Phi) is 4.97. The molecule has 0 aliphatic heterocycles. The number of benzene rings is 1. The second-order valence-electron chi connectivity index (χ2n) is 7.91. The lowest BCUT2D eigenvalue weighted by molar-refractivity contribution is 0.0340. The van der Waals surface area contributed by atoms with Crippen molar-refractivity contribution in [2.45, 2.75) is 51.6 Å². The quantitative estimate of drug-likeness (QED) is 0.407. The third kappa shape index (κ3) is 3.81. The van der Waals surface area contributed by atoms with Crippen molar-refractivity contribution >= 4 is 17.1 Å². The van der Waals surface area contributed by atoms with E-state index in [1.807, 2.05) is 37.3 Å². The van der Waals surface area contributed by atoms with Crippen LogP contribution in [-0.2, 0) is 11.2 Å². The average molecular weight is 417 g/mol. The van der Waals surface area contributed by atoms with Gasteiger partial charge in [0.15, 0.2) is 0 Å². The van der Waals surface area contributed by atoms with E-state index in [9.17, 15) is 4.79 Å². The van der Waals surface area contributed by atoms with Crippen LogP contribution in [0.5, 0.6) is 0 Å². The van der Waals surface area contributed by atoms with Crippen molar-refractivity contribution in [1.29, 1.82) is 0 Å². The number of fused-ring (bicyclic) bond motifs is 1. The molecule has 158 valence electrons. The minimum atomic E-state index is -0.417. The zero-order valence-corrected chi connectivity index (χ0v) is 17.5. The van der Waals surface area contributed by atoms with Gasteiger partial charge in [0.25, 0.3) is 5.71 Å². The number of carbonyl (C=O) groups is 1. The molecule has 8 nitrogen and oxygen atoms in total. The van der Waals surface area contributed by atoms with Gasteiger partial charge in [-0.05, 0) is 49.9 Å². The van der Waals surface area contributed by atoms with E-state index in [1.165, 1.54) is 6.33 Å². The largest absolute Gasteiger partial charge is 0.454 e. The van der Waals surface area contributed by atoms with E-state index in [0.29, 0.717) is 22.6 Å². The van der Waals surface area contributed by atoms with Gasteiger partial charge in [0.1, 0.15) is 18.8 Å². The van der Waals surface area contributed by atoms with E-state index in [1.54, 1.807) is 11.0 Å². The van der Waals surface area contributed by atoms with Crippen molar-refractivity contribution in [2.75, 3.05) is 0 Å². The number of rotatable bonds is 7. The third-order valence-electron chi connectivity index (χ3n) is 5.57. The first-order valence-corrected chi connectivity index (χ1v) is 10.6. The summed E-state index contributed by atoms with van der Waals surface area (Å²) in [6.07, 6.45) is 6.49. The summed E-state index contributed by atoms with van der Waals surface area (Å²) in [7, 11) is 0. The number of carbonyl (C=O) groups excluding carboxylic acids is 1. The summed E-state index contributed by atoms with van der Waals surface area (Å²) in [6, 6.07) is 9.55. The maximum atomic E-state index is 13.2. The van der Waals surface area contributed by atoms with Crippen LogP contribution in [0.1, 0.15) is 72.4 Å². The first kappa shape index (κ1) is 19.4. The van der Waals surface area contributed by atoms with Gasteiger partial charge in [-0.25, -0.2) is 19.4 Å². The molecule has 1 aliphatic carbocycles. The van der Waals surface area contributed by atoms with Crippen LogP contribution >= 0.6 is 0 Å². The Morgan fingerprint density at radius 1 is 1.29 bits per heavy atom. The molecule has 0 saturated heterocycles. The van der Waals surface area contributed by atoms with Crippen molar-refractivity contribution in [2.24, 2.45) is 0 Å². The molecule has 4 aromatic rings. The first-order valence-electron chi connectivity index (χ1n) is 10.6. The van der Waals surface area contributed by atoms with Crippen molar-refractivity contribution in [3.05, 3.63) is 65.5 Å². The van der Waals surface area contributed by atoms with E-state index < -0.39 is 6.10 Å². The number of aromatic nitrogens is 5. The highest BCUT2D eigenvalue weighted by Crippen LogP contribution is 2.41. The molecule has 31 heavy (non-hydrogen) atoms. The molecular weight excluding hydrogens is 394 g/mol. The predicted molar refractivity (Wildman–Crippen MR) is 113 cm³/mol. The minimum Gasteiger partial charge on any atom is -0.454 e. The molecule has 0 unspecified atom stereocenters. The molecule has 3 aromatic heterocycles. The zero-order chi connectivity index (χ0) is 21.4. The summed E-state index contributed by atoms with van der Waals surface area (Å²) in [5, 5.41) is 8.96. The molecule has 3 heterocycles. The van der Waals surface area contributed by atoms with Gasteiger partial charge in [0.05, 0.1) is 22.3 Å². The van der Waals surface area contributed by atoms with E-state index in [0.717, 1.165) is 48.3 Å². The number of nitrogens with zero attached hydrogens (tertiary/aromatic N) is 5. The number of esters is 1. The summed E-state index contributed by atoms with van der Waals surface area (Å²) >= 11 is 0. The molecule has 0 spiro atoms. The Morgan fingerprint density at radius 3 is 2.77 bits per heavy atom. The Labute approximate surface area is 179 Å². The first-order chi connectivity index (χ1) is 15.1. The molecule has 1 fully saturated rings. The van der Waals surface area contributed by atoms with Crippen LogP contribution in [0.3, 0.4) is 0 Å². The van der Waals surface area contributed by atoms with Gasteiger partial charge in [0.2, 0.25) is 0 Å². The summed E-state index contributed by atoms with van der Waals surface area (Å²) in [4.78, 5) is 21.8. The number of pyridine rings is 1. The summed E-state index contributed by atoms with van der Waals surface area (Å²) in [5.74, 6) is 0.000125. The van der Waals surface area contributed by atoms with Gasteiger partial charge in [-0.2, -0.15) is 5.10 Å². The topological polar surface area (TPSA) is 95.9 Å². The predicted octanol–water partition coefficient (Wildman–Crippen LogP) is 4.55. The van der Waals surface area contributed by atoms with Crippen LogP contribution in [0.25, 0.3) is 16.8 Å². The highest BCUT2D eigenvalue weighted by atomic mass is 16.5. The van der Waals surface area contributed by atoms with Crippen molar-refractivity contribution in [3.8, 4) is 5.69 Å². The number of hydrogen-bond donors (Lipinski definition) is 0. The second-order valence-corrected chi connectivity index (χ2v) is 7.91. The van der Waals surface area contributed by atoms with Gasteiger partial charge in [-0.3, -0.25) is 0 Å². The summed E-state index contributed by atoms with van der Waals surface area (Å²) < 4.78 is 13.0. The number of hydrogen-bond acceptors (Lipinski definition) is 7. The van der Waals surface area contributed by atoms with Crippen molar-refractivity contribution < 1.29 is 14.1 Å². The molecule has 5 rings (SSSR count). The van der Waals surface area contributed by atoms with Crippen LogP contribution < -0.4 is 0 Å². The molecule has 1 atom stereocenters. The highest BCUT2D eigenvalue weighted by Gasteiger charge is 2.30. The second kappa shape index (κ2) is 7.94. The van der Waals surface area contributed by atoms with Crippen LogP contribution in [-0.4, -0.2) is 30.9 Å². The smallest absolute Gasteiger partial charge is 0.339 e. The van der Waals surface area contributed by atoms with Gasteiger partial charge in [-0.1, -0.05) is 30.6 Å². The fourth-order valence-electron chi connectivity index (χ4n) is 3.72. The van der Waals surface area contributed by atoms with Crippen LogP contribution in [0, 0.1) is 0 Å². The Hall–Kier alpha value is -3.55. The highest BCUT2D eigenvalue weighted by molar-refractivity contribution is 6.03. The Balaban J connectivity index is 1.42. The number of ether oxygens (including phenoxy) is 1. The molecule has 0 bridgehead atoms. The normalized spacial score (nSPS) is 14.6. The van der Waals surface area contributed by atoms with Gasteiger partial charge < -0.3 is 9.26 Å². The SMILES string of the molecule is CCCc1noc2nc(C3CC3)cc(C(=O)O[C@@H](C)c3ccc(-n4cncn4)cc3)c12. The average Bonchev–Trinajstić information content (AvgIpc) is 3.34.